The summed E-state index contributed by atoms with van der Waals surface area (Å²) in [6.07, 6.45) is -10.5. The SMILES string of the molecule is O=C(O)c1ccc(C2=CC(c3cc(F)c(F)c(C(F)(F)F)c3)(C(F)(F)F)ON2)c2ccccc12. The maximum Gasteiger partial charge on any atom is 0.428 e. The second-order valence-electron chi connectivity index (χ2n) is 7.32. The fraction of sp³-hybridized carbons (Fsp3) is 0.136. The smallest absolute Gasteiger partial charge is 0.428 e. The van der Waals surface area contributed by atoms with Crippen molar-refractivity contribution in [2.75, 3.05) is 0 Å². The lowest BCUT2D eigenvalue weighted by atomic mass is 9.89. The summed E-state index contributed by atoms with van der Waals surface area (Å²) < 4.78 is 109. The van der Waals surface area contributed by atoms with E-state index in [9.17, 15) is 45.0 Å². The number of aromatic carboxylic acids is 1. The monoisotopic (exact) mass is 489 g/mol. The average molecular weight is 489 g/mol. The normalized spacial score (nSPS) is 18.6. The Balaban J connectivity index is 1.96. The number of benzene rings is 3. The summed E-state index contributed by atoms with van der Waals surface area (Å²) in [6, 6.07) is 7.97. The molecule has 0 spiro atoms. The Labute approximate surface area is 185 Å². The van der Waals surface area contributed by atoms with Crippen molar-refractivity contribution in [1.29, 1.82) is 0 Å². The van der Waals surface area contributed by atoms with Gasteiger partial charge in [-0.15, -0.1) is 0 Å². The number of hydrogen-bond donors (Lipinski definition) is 2. The van der Waals surface area contributed by atoms with Crippen molar-refractivity contribution < 1.29 is 49.9 Å². The Bertz CT molecular complexity index is 1350. The number of carboxylic acids is 1. The van der Waals surface area contributed by atoms with Gasteiger partial charge in [-0.25, -0.2) is 13.6 Å². The lowest BCUT2D eigenvalue weighted by Gasteiger charge is -2.29. The summed E-state index contributed by atoms with van der Waals surface area (Å²) in [4.78, 5) is 16.2. The van der Waals surface area contributed by atoms with Crippen LogP contribution in [0.4, 0.5) is 35.1 Å². The van der Waals surface area contributed by atoms with Crippen LogP contribution in [-0.2, 0) is 16.6 Å². The van der Waals surface area contributed by atoms with Crippen LogP contribution >= 0.6 is 0 Å². The Hall–Kier alpha value is -3.67. The molecule has 0 saturated heterocycles. The first-order chi connectivity index (χ1) is 15.8. The summed E-state index contributed by atoms with van der Waals surface area (Å²) in [5.41, 5.74) is -5.67. The second kappa shape index (κ2) is 7.69. The Kier molecular flexibility index (Phi) is 5.31. The summed E-state index contributed by atoms with van der Waals surface area (Å²) in [5.74, 6) is -5.78. The van der Waals surface area contributed by atoms with Crippen LogP contribution in [0.2, 0.25) is 0 Å². The van der Waals surface area contributed by atoms with E-state index in [-0.39, 0.29) is 39.7 Å². The quantitative estimate of drug-likeness (QED) is 0.433. The van der Waals surface area contributed by atoms with Crippen molar-refractivity contribution in [3.63, 3.8) is 0 Å². The molecule has 4 rings (SSSR count). The molecule has 0 aromatic heterocycles. The number of nitrogens with one attached hydrogen (secondary N) is 1. The standard InChI is InChI=1S/C22H11F8NO3/c23-16-8-10(7-15(18(16)24)21(25,26)27)20(22(28,29)30)9-17(31-34-20)13-5-6-14(19(32)33)12-4-2-1-3-11(12)13/h1-9,31H,(H,32,33). The molecule has 0 saturated carbocycles. The minimum absolute atomic E-state index is 0.0230. The third kappa shape index (κ3) is 3.63. The Morgan fingerprint density at radius 1 is 0.941 bits per heavy atom. The number of rotatable bonds is 3. The van der Waals surface area contributed by atoms with Gasteiger partial charge < -0.3 is 5.11 Å². The lowest BCUT2D eigenvalue weighted by Crippen LogP contribution is -2.43. The second-order valence-corrected chi connectivity index (χ2v) is 7.32. The minimum Gasteiger partial charge on any atom is -0.478 e. The molecule has 0 amide bonds. The topological polar surface area (TPSA) is 58.6 Å². The van der Waals surface area contributed by atoms with Gasteiger partial charge in [0.05, 0.1) is 16.8 Å². The zero-order valence-corrected chi connectivity index (χ0v) is 16.5. The van der Waals surface area contributed by atoms with Crippen molar-refractivity contribution in [2.24, 2.45) is 0 Å². The maximum atomic E-state index is 14.2. The molecule has 0 radical (unpaired) electrons. The van der Waals surface area contributed by atoms with Crippen LogP contribution in [0.15, 0.2) is 54.6 Å². The van der Waals surface area contributed by atoms with E-state index in [2.05, 4.69) is 0 Å². The molecule has 0 bridgehead atoms. The summed E-state index contributed by atoms with van der Waals surface area (Å²) in [6.45, 7) is 0. The van der Waals surface area contributed by atoms with E-state index in [4.69, 9.17) is 4.84 Å². The molecule has 178 valence electrons. The van der Waals surface area contributed by atoms with Gasteiger partial charge in [-0.05, 0) is 35.0 Å². The van der Waals surface area contributed by atoms with Crippen molar-refractivity contribution in [3.8, 4) is 0 Å². The van der Waals surface area contributed by atoms with Crippen molar-refractivity contribution >= 4 is 22.4 Å². The number of carboxylic acid groups (broad SMARTS) is 1. The van der Waals surface area contributed by atoms with E-state index in [1.165, 1.54) is 30.3 Å². The van der Waals surface area contributed by atoms with Crippen LogP contribution in [-0.4, -0.2) is 17.3 Å². The molecule has 34 heavy (non-hydrogen) atoms. The van der Waals surface area contributed by atoms with Gasteiger partial charge in [-0.1, -0.05) is 30.3 Å². The van der Waals surface area contributed by atoms with Crippen LogP contribution in [0, 0.1) is 11.6 Å². The van der Waals surface area contributed by atoms with Gasteiger partial charge >= 0.3 is 18.3 Å². The predicted octanol–water partition coefficient (Wildman–Crippen LogP) is 6.17. The highest BCUT2D eigenvalue weighted by Crippen LogP contribution is 2.49. The molecule has 0 aliphatic carbocycles. The van der Waals surface area contributed by atoms with Crippen molar-refractivity contribution in [3.05, 3.63) is 88.5 Å². The number of halogens is 8. The molecule has 0 fully saturated rings. The number of alkyl halides is 6. The molecule has 3 aromatic rings. The highest BCUT2D eigenvalue weighted by molar-refractivity contribution is 6.07. The van der Waals surface area contributed by atoms with E-state index in [1.54, 1.807) is 0 Å². The zero-order valence-electron chi connectivity index (χ0n) is 16.5. The molecule has 1 heterocycles. The number of hydroxylamine groups is 1. The van der Waals surface area contributed by atoms with Crippen LogP contribution in [0.25, 0.3) is 16.5 Å². The first kappa shape index (κ1) is 23.5. The molecule has 4 nitrogen and oxygen atoms in total. The molecule has 1 unspecified atom stereocenters. The zero-order chi connectivity index (χ0) is 25.1. The van der Waals surface area contributed by atoms with Crippen LogP contribution < -0.4 is 5.48 Å². The average Bonchev–Trinajstić information content (AvgIpc) is 3.20. The number of carbonyl (C=O) groups is 1. The molecule has 1 atom stereocenters. The fourth-order valence-corrected chi connectivity index (χ4v) is 3.71. The van der Waals surface area contributed by atoms with E-state index in [1.807, 2.05) is 5.48 Å². The molecular weight excluding hydrogens is 478 g/mol. The molecular formula is C22H11F8NO3. The fourth-order valence-electron chi connectivity index (χ4n) is 3.71. The Morgan fingerprint density at radius 2 is 1.59 bits per heavy atom. The molecule has 12 heteroatoms. The third-order valence-corrected chi connectivity index (χ3v) is 5.30. The lowest BCUT2D eigenvalue weighted by molar-refractivity contribution is -0.269. The first-order valence-corrected chi connectivity index (χ1v) is 9.32. The highest BCUT2D eigenvalue weighted by atomic mass is 19.4. The molecule has 2 N–H and O–H groups in total. The highest BCUT2D eigenvalue weighted by Gasteiger charge is 2.60. The molecule has 1 aliphatic heterocycles. The third-order valence-electron chi connectivity index (χ3n) is 5.30. The largest absolute Gasteiger partial charge is 0.478 e. The Morgan fingerprint density at radius 3 is 2.18 bits per heavy atom. The summed E-state index contributed by atoms with van der Waals surface area (Å²) >= 11 is 0. The summed E-state index contributed by atoms with van der Waals surface area (Å²) in [5, 5.41) is 9.73. The van der Waals surface area contributed by atoms with Gasteiger partial charge in [0.1, 0.15) is 0 Å². The van der Waals surface area contributed by atoms with Crippen LogP contribution in [0.1, 0.15) is 27.0 Å². The number of hydrogen-bond acceptors (Lipinski definition) is 3. The van der Waals surface area contributed by atoms with Crippen LogP contribution in [0.5, 0.6) is 0 Å². The van der Waals surface area contributed by atoms with Gasteiger partial charge in [0.2, 0.25) is 5.60 Å². The van der Waals surface area contributed by atoms with E-state index >= 15 is 0 Å². The first-order valence-electron chi connectivity index (χ1n) is 9.32. The van der Waals surface area contributed by atoms with E-state index in [0.29, 0.717) is 6.08 Å². The van der Waals surface area contributed by atoms with E-state index < -0.39 is 46.7 Å². The van der Waals surface area contributed by atoms with Gasteiger partial charge in [0, 0.05) is 11.1 Å². The summed E-state index contributed by atoms with van der Waals surface area (Å²) in [7, 11) is 0. The minimum atomic E-state index is -5.48. The number of fused-ring (bicyclic) bond motifs is 1. The van der Waals surface area contributed by atoms with Crippen molar-refractivity contribution in [2.45, 2.75) is 18.0 Å². The van der Waals surface area contributed by atoms with E-state index in [0.717, 1.165) is 6.07 Å². The van der Waals surface area contributed by atoms with Gasteiger partial charge in [-0.2, -0.15) is 26.3 Å². The van der Waals surface area contributed by atoms with Crippen LogP contribution in [0.3, 0.4) is 0 Å². The maximum absolute atomic E-state index is 14.2. The molecule has 3 aromatic carbocycles. The predicted molar refractivity (Wildman–Crippen MR) is 102 cm³/mol. The van der Waals surface area contributed by atoms with Crippen molar-refractivity contribution in [1.82, 2.24) is 5.48 Å². The van der Waals surface area contributed by atoms with Gasteiger partial charge in [-0.3, -0.25) is 10.3 Å². The molecule has 1 aliphatic rings. The van der Waals surface area contributed by atoms with Gasteiger partial charge in [0.25, 0.3) is 0 Å². The van der Waals surface area contributed by atoms with Gasteiger partial charge in [0.15, 0.2) is 11.6 Å².